The number of methoxy groups -OCH3 is 1. The summed E-state index contributed by atoms with van der Waals surface area (Å²) in [5, 5.41) is 2.07. The molecule has 2 amide bonds. The van der Waals surface area contributed by atoms with E-state index in [4.69, 9.17) is 10.5 Å². The zero-order chi connectivity index (χ0) is 22.3. The van der Waals surface area contributed by atoms with Gasteiger partial charge in [0.05, 0.1) is 28.8 Å². The molecule has 0 saturated carbocycles. The molecule has 158 valence electrons. The highest BCUT2D eigenvalue weighted by Crippen LogP contribution is 2.25. The first-order valence-electron chi connectivity index (χ1n) is 8.62. The van der Waals surface area contributed by atoms with Crippen molar-refractivity contribution in [2.75, 3.05) is 17.6 Å². The van der Waals surface area contributed by atoms with E-state index in [-0.39, 0.29) is 39.2 Å². The third-order valence-electron chi connectivity index (χ3n) is 4.45. The van der Waals surface area contributed by atoms with Gasteiger partial charge in [0.25, 0.3) is 33.3 Å². The van der Waals surface area contributed by atoms with Gasteiger partial charge in [0.15, 0.2) is 0 Å². The topological polar surface area (TPSA) is 175 Å². The first kappa shape index (κ1) is 20.0. The summed E-state index contributed by atoms with van der Waals surface area (Å²) in [7, 11) is -2.73. The number of nitrogen functional groups attached to an aromatic ring is 1. The second-order valence-electron chi connectivity index (χ2n) is 6.29. The molecule has 3 aromatic rings. The molecule has 0 unspecified atom stereocenters. The highest BCUT2D eigenvalue weighted by atomic mass is 32.2. The number of benzene rings is 1. The fourth-order valence-electron chi connectivity index (χ4n) is 3.05. The van der Waals surface area contributed by atoms with Gasteiger partial charge >= 0.3 is 0 Å². The summed E-state index contributed by atoms with van der Waals surface area (Å²) in [6.07, 6.45) is 2.64. The zero-order valence-electron chi connectivity index (χ0n) is 15.8. The summed E-state index contributed by atoms with van der Waals surface area (Å²) in [4.78, 5) is 43.8. The van der Waals surface area contributed by atoms with Crippen LogP contribution in [0.4, 0.5) is 11.6 Å². The monoisotopic (exact) mass is 442 g/mol. The van der Waals surface area contributed by atoms with E-state index in [1.807, 2.05) is 0 Å². The smallest absolute Gasteiger partial charge is 0.263 e. The summed E-state index contributed by atoms with van der Waals surface area (Å²) in [6.45, 7) is 0. The minimum atomic E-state index is -4.05. The molecule has 13 heteroatoms. The molecular formula is C18H14N6O6S. The maximum atomic E-state index is 12.7. The molecular weight excluding hydrogens is 428 g/mol. The fourth-order valence-corrected chi connectivity index (χ4v) is 4.06. The van der Waals surface area contributed by atoms with Crippen molar-refractivity contribution < 1.29 is 22.7 Å². The number of ether oxygens (including phenoxy) is 1. The summed E-state index contributed by atoms with van der Waals surface area (Å²) in [6, 6.07) is 6.15. The first-order valence-corrected chi connectivity index (χ1v) is 10.1. The van der Waals surface area contributed by atoms with E-state index >= 15 is 0 Å². The molecule has 0 aliphatic carbocycles. The lowest BCUT2D eigenvalue weighted by molar-refractivity contribution is 0.0880. The molecule has 0 radical (unpaired) electrons. The molecule has 4 rings (SSSR count). The highest BCUT2D eigenvalue weighted by Gasteiger charge is 2.32. The van der Waals surface area contributed by atoms with E-state index in [0.29, 0.717) is 0 Å². The molecule has 1 aliphatic rings. The second kappa shape index (κ2) is 7.21. The molecule has 0 spiro atoms. The van der Waals surface area contributed by atoms with Crippen LogP contribution in [-0.4, -0.2) is 41.9 Å². The van der Waals surface area contributed by atoms with Crippen LogP contribution in [0.5, 0.6) is 5.88 Å². The maximum absolute atomic E-state index is 12.7. The molecule has 12 nitrogen and oxygen atoms in total. The molecule has 31 heavy (non-hydrogen) atoms. The predicted octanol–water partition coefficient (Wildman–Crippen LogP) is -0.0973. The third-order valence-corrected chi connectivity index (χ3v) is 5.80. The Morgan fingerprint density at radius 1 is 1.06 bits per heavy atom. The molecule has 2 aromatic heterocycles. The number of carbonyl (C=O) groups excluding carboxylic acids is 2. The van der Waals surface area contributed by atoms with E-state index in [2.05, 4.69) is 20.0 Å². The van der Waals surface area contributed by atoms with Crippen LogP contribution in [0.3, 0.4) is 0 Å². The van der Waals surface area contributed by atoms with Gasteiger partial charge in [-0.25, -0.2) is 18.4 Å². The number of anilines is 2. The number of rotatable bonds is 5. The number of aromatic nitrogens is 3. The molecule has 1 aliphatic heterocycles. The van der Waals surface area contributed by atoms with Gasteiger partial charge in [0.2, 0.25) is 5.82 Å². The van der Waals surface area contributed by atoms with Gasteiger partial charge in [-0.1, -0.05) is 0 Å². The Morgan fingerprint density at radius 3 is 2.42 bits per heavy atom. The number of sulfonamides is 1. The van der Waals surface area contributed by atoms with Crippen molar-refractivity contribution in [1.82, 2.24) is 19.9 Å². The summed E-state index contributed by atoms with van der Waals surface area (Å²) in [5.41, 5.74) is 5.30. The van der Waals surface area contributed by atoms with Crippen molar-refractivity contribution in [3.05, 3.63) is 64.2 Å². The number of nitrogens with one attached hydrogen (secondary N) is 2. The lowest BCUT2D eigenvalue weighted by atomic mass is 10.1. The summed E-state index contributed by atoms with van der Waals surface area (Å²) < 4.78 is 33.6. The van der Waals surface area contributed by atoms with Gasteiger partial charge in [0, 0.05) is 18.5 Å². The van der Waals surface area contributed by atoms with Crippen LogP contribution in [0.1, 0.15) is 20.7 Å². The average molecular weight is 442 g/mol. The Labute approximate surface area is 174 Å². The van der Waals surface area contributed by atoms with E-state index in [9.17, 15) is 22.8 Å². The normalized spacial score (nSPS) is 12.9. The van der Waals surface area contributed by atoms with Gasteiger partial charge in [-0.2, -0.15) is 0 Å². The predicted molar refractivity (Wildman–Crippen MR) is 108 cm³/mol. The average Bonchev–Trinajstić information content (AvgIpc) is 3.02. The zero-order valence-corrected chi connectivity index (χ0v) is 16.6. The largest absolute Gasteiger partial charge is 0.478 e. The molecule has 3 heterocycles. The van der Waals surface area contributed by atoms with Crippen molar-refractivity contribution in [2.24, 2.45) is 0 Å². The number of carbonyl (C=O) groups is 2. The van der Waals surface area contributed by atoms with Crippen LogP contribution in [0, 0.1) is 0 Å². The molecule has 0 atom stereocenters. The van der Waals surface area contributed by atoms with Crippen LogP contribution in [0.2, 0.25) is 0 Å². The van der Waals surface area contributed by atoms with E-state index in [0.717, 1.165) is 10.6 Å². The van der Waals surface area contributed by atoms with Gasteiger partial charge in [0.1, 0.15) is 5.82 Å². The fraction of sp³-hybridized carbons (Fsp3) is 0.0556. The number of fused-ring (bicyclic) bond motifs is 1. The number of hydrogen-bond donors (Lipinski definition) is 3. The highest BCUT2D eigenvalue weighted by molar-refractivity contribution is 7.92. The van der Waals surface area contributed by atoms with Crippen LogP contribution in [0.15, 0.2) is 52.4 Å². The van der Waals surface area contributed by atoms with Gasteiger partial charge < -0.3 is 10.5 Å². The quantitative estimate of drug-likeness (QED) is 0.456. The Kier molecular flexibility index (Phi) is 4.66. The van der Waals surface area contributed by atoms with Crippen LogP contribution in [-0.2, 0) is 10.0 Å². The molecule has 1 aromatic carbocycles. The van der Waals surface area contributed by atoms with Crippen molar-refractivity contribution in [2.45, 2.75) is 4.90 Å². The number of amides is 2. The lowest BCUT2D eigenvalue weighted by Gasteiger charge is -2.13. The maximum Gasteiger partial charge on any atom is 0.263 e. The van der Waals surface area contributed by atoms with Crippen LogP contribution >= 0.6 is 0 Å². The number of pyridine rings is 1. The molecule has 0 bridgehead atoms. The Morgan fingerprint density at radius 2 is 1.74 bits per heavy atom. The van der Waals surface area contributed by atoms with E-state index < -0.39 is 27.4 Å². The first-order chi connectivity index (χ1) is 14.7. The Balaban J connectivity index is 1.71. The SMILES string of the molecule is COc1nccnc1NS(=O)(=O)c1ccc(-n2c(N)c3c(cc2=O)C(=O)NC3=O)cc1. The molecule has 0 fully saturated rings. The standard InChI is InChI=1S/C18H14N6O6S/c1-30-18-15(20-6-7-21-18)23-31(28,29)10-4-2-9(3-5-10)24-12(25)8-11-13(14(24)19)17(27)22-16(11)26/h2-8H,19H2,1H3,(H,20,23)(H,22,26,27). The van der Waals surface area contributed by atoms with Gasteiger partial charge in [-0.05, 0) is 24.3 Å². The molecule has 0 saturated heterocycles. The van der Waals surface area contributed by atoms with Crippen molar-refractivity contribution in [3.63, 3.8) is 0 Å². The lowest BCUT2D eigenvalue weighted by Crippen LogP contribution is -2.24. The summed E-state index contributed by atoms with van der Waals surface area (Å²) in [5.74, 6) is -1.75. The number of nitrogens with zero attached hydrogens (tertiary/aromatic N) is 3. The minimum absolute atomic E-state index is 0.00649. The van der Waals surface area contributed by atoms with Gasteiger partial charge in [-0.3, -0.25) is 29.0 Å². The number of hydrogen-bond acceptors (Lipinski definition) is 9. The van der Waals surface area contributed by atoms with E-state index in [1.54, 1.807) is 0 Å². The van der Waals surface area contributed by atoms with Crippen LogP contribution < -0.4 is 26.1 Å². The Hall–Kier alpha value is -4.26. The van der Waals surface area contributed by atoms with E-state index in [1.165, 1.54) is 43.8 Å². The number of imide groups is 1. The third kappa shape index (κ3) is 3.36. The van der Waals surface area contributed by atoms with Crippen molar-refractivity contribution >= 4 is 33.5 Å². The Bertz CT molecular complexity index is 1400. The van der Waals surface area contributed by atoms with Gasteiger partial charge in [-0.15, -0.1) is 0 Å². The van der Waals surface area contributed by atoms with Crippen molar-refractivity contribution in [1.29, 1.82) is 0 Å². The second-order valence-corrected chi connectivity index (χ2v) is 7.97. The molecule has 4 N–H and O–H groups in total. The summed E-state index contributed by atoms with van der Waals surface area (Å²) >= 11 is 0. The van der Waals surface area contributed by atoms with Crippen molar-refractivity contribution in [3.8, 4) is 11.6 Å². The number of nitrogens with two attached hydrogens (primary N) is 1. The minimum Gasteiger partial charge on any atom is -0.478 e. The van der Waals surface area contributed by atoms with Crippen LogP contribution in [0.25, 0.3) is 5.69 Å².